The van der Waals surface area contributed by atoms with Gasteiger partial charge in [-0.3, -0.25) is 4.79 Å². The number of benzene rings is 1. The second kappa shape index (κ2) is 9.17. The minimum Gasteiger partial charge on any atom is -0.379 e. The summed E-state index contributed by atoms with van der Waals surface area (Å²) in [5.41, 5.74) is 0.347. The van der Waals surface area contributed by atoms with E-state index < -0.39 is 10.0 Å². The number of sulfonamides is 1. The summed E-state index contributed by atoms with van der Waals surface area (Å²) in [6.07, 6.45) is 0.817. The fourth-order valence-electron chi connectivity index (χ4n) is 3.18. The summed E-state index contributed by atoms with van der Waals surface area (Å²) in [5.74, 6) is 0.151. The molecule has 2 aromatic rings. The van der Waals surface area contributed by atoms with E-state index in [4.69, 9.17) is 4.74 Å². The summed E-state index contributed by atoms with van der Waals surface area (Å²) in [7, 11) is -3.63. The molecule has 0 saturated carbocycles. The second-order valence-electron chi connectivity index (χ2n) is 7.22. The Morgan fingerprint density at radius 1 is 1.21 bits per heavy atom. The van der Waals surface area contributed by atoms with Gasteiger partial charge in [-0.15, -0.1) is 11.3 Å². The molecule has 6 nitrogen and oxygen atoms in total. The Balaban J connectivity index is 1.79. The van der Waals surface area contributed by atoms with Gasteiger partial charge in [-0.1, -0.05) is 26.0 Å². The van der Waals surface area contributed by atoms with Crippen molar-refractivity contribution in [3.05, 3.63) is 52.2 Å². The molecule has 1 aromatic heterocycles. The van der Waals surface area contributed by atoms with Gasteiger partial charge in [-0.05, 0) is 42.0 Å². The van der Waals surface area contributed by atoms with Gasteiger partial charge in [0.2, 0.25) is 10.0 Å². The third kappa shape index (κ3) is 5.00. The number of nitrogens with one attached hydrogen (secondary N) is 1. The van der Waals surface area contributed by atoms with Gasteiger partial charge < -0.3 is 10.1 Å². The van der Waals surface area contributed by atoms with Crippen LogP contribution < -0.4 is 5.32 Å². The van der Waals surface area contributed by atoms with Crippen molar-refractivity contribution in [1.82, 2.24) is 9.62 Å². The highest BCUT2D eigenvalue weighted by Crippen LogP contribution is 2.26. The van der Waals surface area contributed by atoms with Crippen LogP contribution in [0.4, 0.5) is 0 Å². The Morgan fingerprint density at radius 3 is 2.61 bits per heavy atom. The standard InChI is InChI=1S/C20H26N2O4S2/c1-15(2)13-18(19-7-4-12-27-19)21-20(23)16-5-3-6-17(14-16)28(24,25)22-8-10-26-11-9-22/h3-7,12,14-15,18H,8-11,13H2,1-2H3,(H,21,23). The molecule has 0 aliphatic carbocycles. The van der Waals surface area contributed by atoms with Crippen LogP contribution in [-0.2, 0) is 14.8 Å². The number of carbonyl (C=O) groups excluding carboxylic acids is 1. The zero-order valence-corrected chi connectivity index (χ0v) is 17.8. The molecule has 1 saturated heterocycles. The first-order valence-corrected chi connectivity index (χ1v) is 11.7. The molecule has 1 atom stereocenters. The smallest absolute Gasteiger partial charge is 0.251 e. The summed E-state index contributed by atoms with van der Waals surface area (Å²) >= 11 is 1.61. The van der Waals surface area contributed by atoms with E-state index >= 15 is 0 Å². The number of nitrogens with zero attached hydrogens (tertiary/aromatic N) is 1. The molecule has 1 amide bonds. The van der Waals surface area contributed by atoms with E-state index in [0.717, 1.165) is 11.3 Å². The average molecular weight is 423 g/mol. The highest BCUT2D eigenvalue weighted by atomic mass is 32.2. The fourth-order valence-corrected chi connectivity index (χ4v) is 5.43. The van der Waals surface area contributed by atoms with Gasteiger partial charge >= 0.3 is 0 Å². The second-order valence-corrected chi connectivity index (χ2v) is 10.1. The summed E-state index contributed by atoms with van der Waals surface area (Å²) in [6, 6.07) is 10.1. The van der Waals surface area contributed by atoms with Crippen molar-refractivity contribution in [2.24, 2.45) is 5.92 Å². The number of thiophene rings is 1. The molecular formula is C20H26N2O4S2. The monoisotopic (exact) mass is 422 g/mol. The van der Waals surface area contributed by atoms with Crippen LogP contribution in [0.2, 0.25) is 0 Å². The van der Waals surface area contributed by atoms with Gasteiger partial charge in [0.05, 0.1) is 24.2 Å². The van der Waals surface area contributed by atoms with Crippen molar-refractivity contribution >= 4 is 27.3 Å². The highest BCUT2D eigenvalue weighted by molar-refractivity contribution is 7.89. The number of morpholine rings is 1. The average Bonchev–Trinajstić information content (AvgIpc) is 3.23. The number of rotatable bonds is 7. The zero-order valence-electron chi connectivity index (χ0n) is 16.1. The Labute approximate surface area is 170 Å². The minimum atomic E-state index is -3.63. The van der Waals surface area contributed by atoms with Gasteiger partial charge in [0.25, 0.3) is 5.91 Å². The Hall–Kier alpha value is -1.74. The molecule has 1 fully saturated rings. The lowest BCUT2D eigenvalue weighted by atomic mass is 10.0. The van der Waals surface area contributed by atoms with E-state index in [0.29, 0.717) is 37.8 Å². The maximum Gasteiger partial charge on any atom is 0.251 e. The molecule has 1 unspecified atom stereocenters. The molecule has 152 valence electrons. The number of amides is 1. The van der Waals surface area contributed by atoms with Gasteiger partial charge in [-0.2, -0.15) is 4.31 Å². The van der Waals surface area contributed by atoms with Crippen LogP contribution in [0.1, 0.15) is 41.5 Å². The predicted molar refractivity (Wildman–Crippen MR) is 110 cm³/mol. The normalized spacial score (nSPS) is 16.8. The lowest BCUT2D eigenvalue weighted by Gasteiger charge is -2.26. The number of ether oxygens (including phenoxy) is 1. The Kier molecular flexibility index (Phi) is 6.87. The third-order valence-corrected chi connectivity index (χ3v) is 7.48. The van der Waals surface area contributed by atoms with Crippen LogP contribution in [0.25, 0.3) is 0 Å². The summed E-state index contributed by atoms with van der Waals surface area (Å²) in [4.78, 5) is 14.1. The van der Waals surface area contributed by atoms with Gasteiger partial charge in [0.1, 0.15) is 0 Å². The lowest BCUT2D eigenvalue weighted by molar-refractivity contribution is 0.0730. The molecule has 3 rings (SSSR count). The van der Waals surface area contributed by atoms with Crippen LogP contribution in [-0.4, -0.2) is 44.9 Å². The van der Waals surface area contributed by atoms with Crippen LogP contribution in [0.5, 0.6) is 0 Å². The van der Waals surface area contributed by atoms with Gasteiger partial charge in [0, 0.05) is 23.5 Å². The van der Waals surface area contributed by atoms with Crippen LogP contribution >= 0.6 is 11.3 Å². The van der Waals surface area contributed by atoms with Crippen molar-refractivity contribution in [2.75, 3.05) is 26.3 Å². The molecule has 1 aliphatic rings. The maximum atomic E-state index is 12.9. The van der Waals surface area contributed by atoms with Crippen molar-refractivity contribution < 1.29 is 17.9 Å². The summed E-state index contributed by atoms with van der Waals surface area (Å²) in [6.45, 7) is 5.65. The number of hydrogen-bond donors (Lipinski definition) is 1. The van der Waals surface area contributed by atoms with Crippen LogP contribution in [0, 0.1) is 5.92 Å². The lowest BCUT2D eigenvalue weighted by Crippen LogP contribution is -2.40. The molecule has 1 aliphatic heterocycles. The minimum absolute atomic E-state index is 0.0907. The number of hydrogen-bond acceptors (Lipinski definition) is 5. The Morgan fingerprint density at radius 2 is 1.96 bits per heavy atom. The maximum absolute atomic E-state index is 12.9. The van der Waals surface area contributed by atoms with Crippen LogP contribution in [0.15, 0.2) is 46.7 Å². The van der Waals surface area contributed by atoms with Crippen molar-refractivity contribution in [2.45, 2.75) is 31.2 Å². The van der Waals surface area contributed by atoms with Crippen molar-refractivity contribution in [1.29, 1.82) is 0 Å². The highest BCUT2D eigenvalue weighted by Gasteiger charge is 2.27. The van der Waals surface area contributed by atoms with E-state index in [2.05, 4.69) is 19.2 Å². The molecule has 8 heteroatoms. The SMILES string of the molecule is CC(C)CC(NC(=O)c1cccc(S(=O)(=O)N2CCOCC2)c1)c1cccs1. The molecule has 1 aromatic carbocycles. The first-order chi connectivity index (χ1) is 13.4. The van der Waals surface area contributed by atoms with E-state index in [9.17, 15) is 13.2 Å². The van der Waals surface area contributed by atoms with Gasteiger partial charge in [0.15, 0.2) is 0 Å². The molecule has 28 heavy (non-hydrogen) atoms. The third-order valence-electron chi connectivity index (χ3n) is 4.60. The first-order valence-electron chi connectivity index (χ1n) is 9.40. The fraction of sp³-hybridized carbons (Fsp3) is 0.450. The van der Waals surface area contributed by atoms with Crippen molar-refractivity contribution in [3.63, 3.8) is 0 Å². The molecule has 0 radical (unpaired) electrons. The quantitative estimate of drug-likeness (QED) is 0.743. The predicted octanol–water partition coefficient (Wildman–Crippen LogP) is 3.29. The molecule has 0 bridgehead atoms. The topological polar surface area (TPSA) is 75.7 Å². The van der Waals surface area contributed by atoms with E-state index in [1.54, 1.807) is 23.5 Å². The Bertz CT molecular complexity index is 889. The van der Waals surface area contributed by atoms with Crippen molar-refractivity contribution in [3.8, 4) is 0 Å². The van der Waals surface area contributed by atoms with E-state index in [1.807, 2.05) is 17.5 Å². The zero-order chi connectivity index (χ0) is 20.1. The molecule has 2 heterocycles. The molecule has 1 N–H and O–H groups in total. The molecule has 0 spiro atoms. The summed E-state index contributed by atoms with van der Waals surface area (Å²) < 4.78 is 32.4. The largest absolute Gasteiger partial charge is 0.379 e. The van der Waals surface area contributed by atoms with E-state index in [1.165, 1.54) is 16.4 Å². The number of carbonyl (C=O) groups is 1. The first kappa shape index (κ1) is 21.0. The van der Waals surface area contributed by atoms with Crippen LogP contribution in [0.3, 0.4) is 0 Å². The summed E-state index contributed by atoms with van der Waals surface area (Å²) in [5, 5.41) is 5.06. The van der Waals surface area contributed by atoms with E-state index in [-0.39, 0.29) is 16.8 Å². The molecular weight excluding hydrogens is 396 g/mol. The van der Waals surface area contributed by atoms with Gasteiger partial charge in [-0.25, -0.2) is 8.42 Å².